The molecule has 0 unspecified atom stereocenters. The number of carbonyl (C=O) groups is 1. The fourth-order valence-electron chi connectivity index (χ4n) is 1.94. The fraction of sp³-hybridized carbons (Fsp3) is 0.133. The van der Waals surface area contributed by atoms with E-state index in [1.54, 1.807) is 0 Å². The Kier molecular flexibility index (Phi) is 3.86. The Morgan fingerprint density at radius 2 is 2.00 bits per heavy atom. The zero-order valence-corrected chi connectivity index (χ0v) is 12.0. The van der Waals surface area contributed by atoms with Crippen molar-refractivity contribution in [3.05, 3.63) is 52.0 Å². The highest BCUT2D eigenvalue weighted by Crippen LogP contribution is 2.33. The maximum Gasteiger partial charge on any atom is 0.337 e. The van der Waals surface area contributed by atoms with Gasteiger partial charge >= 0.3 is 5.97 Å². The molecule has 0 aliphatic carbocycles. The second kappa shape index (κ2) is 5.43. The summed E-state index contributed by atoms with van der Waals surface area (Å²) in [4.78, 5) is 11.3. The number of hydrogen-bond acceptors (Lipinski definition) is 3. The molecule has 2 aromatic rings. The van der Waals surface area contributed by atoms with Crippen LogP contribution in [0.2, 0.25) is 5.02 Å². The number of benzene rings is 2. The van der Waals surface area contributed by atoms with E-state index in [1.165, 1.54) is 12.1 Å². The van der Waals surface area contributed by atoms with Crippen molar-refractivity contribution in [2.45, 2.75) is 13.8 Å². The predicted octanol–water partition coefficient (Wildman–Crippen LogP) is 3.98. The van der Waals surface area contributed by atoms with Crippen LogP contribution in [0.25, 0.3) is 0 Å². The Balaban J connectivity index is 2.53. The molecule has 0 aliphatic rings. The van der Waals surface area contributed by atoms with Crippen molar-refractivity contribution in [2.75, 3.05) is 11.1 Å². The molecule has 4 N–H and O–H groups in total. The lowest BCUT2D eigenvalue weighted by atomic mass is 10.1. The molecule has 5 heteroatoms. The van der Waals surface area contributed by atoms with Crippen LogP contribution in [0.4, 0.5) is 17.1 Å². The summed E-state index contributed by atoms with van der Waals surface area (Å²) in [7, 11) is 0. The molecule has 2 rings (SSSR count). The van der Waals surface area contributed by atoms with Crippen molar-refractivity contribution < 1.29 is 9.90 Å². The van der Waals surface area contributed by atoms with Gasteiger partial charge in [0, 0.05) is 11.4 Å². The molecule has 0 fully saturated rings. The smallest absolute Gasteiger partial charge is 0.337 e. The Morgan fingerprint density at radius 3 is 2.65 bits per heavy atom. The summed E-state index contributed by atoms with van der Waals surface area (Å²) in [5.41, 5.74) is 9.32. The number of halogens is 1. The Labute approximate surface area is 122 Å². The van der Waals surface area contributed by atoms with Crippen LogP contribution in [0.3, 0.4) is 0 Å². The molecule has 2 aromatic carbocycles. The summed E-state index contributed by atoms with van der Waals surface area (Å²) >= 11 is 6.11. The summed E-state index contributed by atoms with van der Waals surface area (Å²) in [6, 6.07) is 8.68. The van der Waals surface area contributed by atoms with E-state index in [0.29, 0.717) is 11.4 Å². The first-order valence-corrected chi connectivity index (χ1v) is 6.43. The van der Waals surface area contributed by atoms with Crippen molar-refractivity contribution in [2.24, 2.45) is 0 Å². The highest BCUT2D eigenvalue weighted by Gasteiger charge is 2.15. The van der Waals surface area contributed by atoms with Gasteiger partial charge in [0.15, 0.2) is 0 Å². The average Bonchev–Trinajstić information content (AvgIpc) is 2.37. The number of aryl methyl sites for hydroxylation is 1. The molecule has 0 bridgehead atoms. The standard InChI is InChI=1S/C15H15ClN2O2/c1-8-4-3-5-13(9(8)2)18-14-11(15(19)20)6-10(17)7-12(14)16/h3-7,18H,17H2,1-2H3,(H,19,20). The van der Waals surface area contributed by atoms with Crippen LogP contribution >= 0.6 is 11.6 Å². The third kappa shape index (κ3) is 2.70. The number of hydrogen-bond donors (Lipinski definition) is 3. The molecule has 4 nitrogen and oxygen atoms in total. The number of anilines is 3. The van der Waals surface area contributed by atoms with E-state index in [2.05, 4.69) is 5.32 Å². The minimum absolute atomic E-state index is 0.0518. The van der Waals surface area contributed by atoms with Crippen LogP contribution in [0, 0.1) is 13.8 Å². The van der Waals surface area contributed by atoms with E-state index in [4.69, 9.17) is 17.3 Å². The van der Waals surface area contributed by atoms with Gasteiger partial charge in [-0.25, -0.2) is 4.79 Å². The lowest BCUT2D eigenvalue weighted by Gasteiger charge is -2.15. The molecule has 0 saturated carbocycles. The van der Waals surface area contributed by atoms with Gasteiger partial charge in [0.25, 0.3) is 0 Å². The topological polar surface area (TPSA) is 75.3 Å². The highest BCUT2D eigenvalue weighted by atomic mass is 35.5. The molecule has 0 spiro atoms. The molecular weight excluding hydrogens is 276 g/mol. The number of carboxylic acid groups (broad SMARTS) is 1. The summed E-state index contributed by atoms with van der Waals surface area (Å²) in [6.45, 7) is 3.95. The molecule has 0 heterocycles. The van der Waals surface area contributed by atoms with E-state index in [1.807, 2.05) is 32.0 Å². The monoisotopic (exact) mass is 290 g/mol. The van der Waals surface area contributed by atoms with Crippen LogP contribution in [0.1, 0.15) is 21.5 Å². The van der Waals surface area contributed by atoms with Crippen molar-refractivity contribution in [3.63, 3.8) is 0 Å². The van der Waals surface area contributed by atoms with Crippen LogP contribution in [-0.4, -0.2) is 11.1 Å². The van der Waals surface area contributed by atoms with Crippen molar-refractivity contribution >= 4 is 34.6 Å². The lowest BCUT2D eigenvalue weighted by Crippen LogP contribution is -2.05. The maximum absolute atomic E-state index is 11.3. The van der Waals surface area contributed by atoms with E-state index in [0.717, 1.165) is 16.8 Å². The van der Waals surface area contributed by atoms with Gasteiger partial charge in [-0.15, -0.1) is 0 Å². The number of nitrogens with two attached hydrogens (primary N) is 1. The second-order valence-electron chi connectivity index (χ2n) is 4.60. The van der Waals surface area contributed by atoms with Crippen LogP contribution in [0.15, 0.2) is 30.3 Å². The summed E-state index contributed by atoms with van der Waals surface area (Å²) < 4.78 is 0. The predicted molar refractivity (Wildman–Crippen MR) is 82.0 cm³/mol. The van der Waals surface area contributed by atoms with Gasteiger partial charge in [0.2, 0.25) is 0 Å². The number of nitrogens with one attached hydrogen (secondary N) is 1. The fourth-order valence-corrected chi connectivity index (χ4v) is 2.22. The van der Waals surface area contributed by atoms with Crippen molar-refractivity contribution in [3.8, 4) is 0 Å². The zero-order chi connectivity index (χ0) is 14.9. The minimum Gasteiger partial charge on any atom is -0.478 e. The van der Waals surface area contributed by atoms with Gasteiger partial charge in [-0.3, -0.25) is 0 Å². The van der Waals surface area contributed by atoms with Crippen LogP contribution in [0.5, 0.6) is 0 Å². The third-order valence-corrected chi connectivity index (χ3v) is 3.51. The zero-order valence-electron chi connectivity index (χ0n) is 11.2. The van der Waals surface area contributed by atoms with Crippen molar-refractivity contribution in [1.29, 1.82) is 0 Å². The molecule has 0 aromatic heterocycles. The quantitative estimate of drug-likeness (QED) is 0.747. The molecule has 104 valence electrons. The van der Waals surface area contributed by atoms with Gasteiger partial charge < -0.3 is 16.2 Å². The average molecular weight is 291 g/mol. The largest absolute Gasteiger partial charge is 0.478 e. The van der Waals surface area contributed by atoms with Crippen LogP contribution < -0.4 is 11.1 Å². The maximum atomic E-state index is 11.3. The molecule has 0 aliphatic heterocycles. The first kappa shape index (κ1) is 14.2. The summed E-state index contributed by atoms with van der Waals surface area (Å²) in [6.07, 6.45) is 0. The minimum atomic E-state index is -1.08. The number of nitrogen functional groups attached to an aromatic ring is 1. The Hall–Kier alpha value is -2.20. The second-order valence-corrected chi connectivity index (χ2v) is 5.01. The molecular formula is C15H15ClN2O2. The highest BCUT2D eigenvalue weighted by molar-refractivity contribution is 6.34. The molecule has 0 radical (unpaired) electrons. The summed E-state index contributed by atoms with van der Waals surface area (Å²) in [5.74, 6) is -1.08. The summed E-state index contributed by atoms with van der Waals surface area (Å²) in [5, 5.41) is 12.6. The molecule has 0 atom stereocenters. The van der Waals surface area contributed by atoms with E-state index >= 15 is 0 Å². The van der Waals surface area contributed by atoms with Gasteiger partial charge in [0.1, 0.15) is 0 Å². The molecule has 0 saturated heterocycles. The van der Waals surface area contributed by atoms with E-state index in [9.17, 15) is 9.90 Å². The lowest BCUT2D eigenvalue weighted by molar-refractivity contribution is 0.0698. The van der Waals surface area contributed by atoms with Crippen LogP contribution in [-0.2, 0) is 0 Å². The normalized spacial score (nSPS) is 10.3. The first-order chi connectivity index (χ1) is 9.40. The van der Waals surface area contributed by atoms with Gasteiger partial charge in [0.05, 0.1) is 16.3 Å². The number of aromatic carboxylic acids is 1. The van der Waals surface area contributed by atoms with Gasteiger partial charge in [-0.1, -0.05) is 23.7 Å². The van der Waals surface area contributed by atoms with E-state index in [-0.39, 0.29) is 10.6 Å². The molecule has 20 heavy (non-hydrogen) atoms. The number of rotatable bonds is 3. The first-order valence-electron chi connectivity index (χ1n) is 6.05. The molecule has 0 amide bonds. The Morgan fingerprint density at radius 1 is 1.30 bits per heavy atom. The Bertz CT molecular complexity index is 684. The van der Waals surface area contributed by atoms with Gasteiger partial charge in [-0.2, -0.15) is 0 Å². The SMILES string of the molecule is Cc1cccc(Nc2c(Cl)cc(N)cc2C(=O)O)c1C. The number of carboxylic acids is 1. The van der Waals surface area contributed by atoms with Crippen molar-refractivity contribution in [1.82, 2.24) is 0 Å². The van der Waals surface area contributed by atoms with E-state index < -0.39 is 5.97 Å². The third-order valence-electron chi connectivity index (χ3n) is 3.21. The van der Waals surface area contributed by atoms with Gasteiger partial charge in [-0.05, 0) is 43.2 Å².